The molecule has 2 aromatic rings. The highest BCUT2D eigenvalue weighted by atomic mass is 19.2. The fourth-order valence-corrected chi connectivity index (χ4v) is 2.41. The van der Waals surface area contributed by atoms with Crippen LogP contribution in [0.3, 0.4) is 0 Å². The maximum atomic E-state index is 13.7. The van der Waals surface area contributed by atoms with Gasteiger partial charge in [-0.3, -0.25) is 9.59 Å². The molecule has 4 nitrogen and oxygen atoms in total. The molecule has 1 heterocycles. The summed E-state index contributed by atoms with van der Waals surface area (Å²) in [5.74, 6) is -5.84. The molecule has 0 spiro atoms. The molecular weight excluding hydrogens is 297 g/mol. The lowest BCUT2D eigenvalue weighted by molar-refractivity contribution is -0.126. The number of carbonyl (C=O) groups is 2. The van der Waals surface area contributed by atoms with Crippen LogP contribution in [0.4, 0.5) is 13.2 Å². The molecule has 1 unspecified atom stereocenters. The lowest BCUT2D eigenvalue weighted by atomic mass is 9.92. The van der Waals surface area contributed by atoms with Crippen molar-refractivity contribution in [3.8, 4) is 0 Å². The van der Waals surface area contributed by atoms with Gasteiger partial charge in [-0.25, -0.2) is 13.2 Å². The summed E-state index contributed by atoms with van der Waals surface area (Å²) in [6.07, 6.45) is 1.19. The Labute approximate surface area is 124 Å². The number of ketones is 1. The number of benzene rings is 1. The Kier molecular flexibility index (Phi) is 4.54. The molecule has 2 rings (SSSR count). The van der Waals surface area contributed by atoms with E-state index in [1.807, 2.05) is 0 Å². The van der Waals surface area contributed by atoms with Gasteiger partial charge >= 0.3 is 0 Å². The molecule has 0 saturated heterocycles. The maximum Gasteiger partial charge on any atom is 0.228 e. The predicted octanol–water partition coefficient (Wildman–Crippen LogP) is 2.78. The molecule has 1 atom stereocenters. The van der Waals surface area contributed by atoms with Crippen LogP contribution < -0.4 is 5.32 Å². The van der Waals surface area contributed by atoms with Gasteiger partial charge in [-0.1, -0.05) is 0 Å². The van der Waals surface area contributed by atoms with Crippen molar-refractivity contribution in [2.24, 2.45) is 0 Å². The molecule has 0 saturated carbocycles. The minimum Gasteiger partial charge on any atom is -0.358 e. The Morgan fingerprint density at radius 2 is 1.95 bits per heavy atom. The number of H-pyrrole nitrogens is 1. The third-order valence-corrected chi connectivity index (χ3v) is 3.38. The van der Waals surface area contributed by atoms with Crippen molar-refractivity contribution in [3.05, 3.63) is 35.3 Å². The van der Waals surface area contributed by atoms with Gasteiger partial charge < -0.3 is 10.3 Å². The molecule has 7 heteroatoms. The number of Topliss-reactive ketones (excluding diaryl/α,β-unsaturated/α-hetero) is 1. The molecule has 0 aliphatic heterocycles. The van der Waals surface area contributed by atoms with Crippen molar-refractivity contribution in [2.45, 2.75) is 26.2 Å². The Morgan fingerprint density at radius 1 is 1.27 bits per heavy atom. The quantitative estimate of drug-likeness (QED) is 0.834. The largest absolute Gasteiger partial charge is 0.358 e. The summed E-state index contributed by atoms with van der Waals surface area (Å²) >= 11 is 0. The highest BCUT2D eigenvalue weighted by Gasteiger charge is 2.27. The second kappa shape index (κ2) is 6.21. The Balaban J connectivity index is 2.59. The summed E-state index contributed by atoms with van der Waals surface area (Å²) in [6.45, 7) is 3.39. The van der Waals surface area contributed by atoms with Crippen molar-refractivity contribution >= 4 is 22.6 Å². The third kappa shape index (κ3) is 2.84. The number of nitrogens with one attached hydrogen (secondary N) is 2. The van der Waals surface area contributed by atoms with Crippen molar-refractivity contribution in [1.29, 1.82) is 0 Å². The van der Waals surface area contributed by atoms with Gasteiger partial charge in [-0.2, -0.15) is 0 Å². The molecule has 1 aromatic heterocycles. The zero-order valence-corrected chi connectivity index (χ0v) is 12.1. The molecule has 2 N–H and O–H groups in total. The number of hydrogen-bond donors (Lipinski definition) is 2. The van der Waals surface area contributed by atoms with E-state index in [1.54, 1.807) is 6.92 Å². The Hall–Kier alpha value is -2.31. The smallest absolute Gasteiger partial charge is 0.228 e. The molecule has 0 aliphatic rings. The van der Waals surface area contributed by atoms with Crippen molar-refractivity contribution in [3.63, 3.8) is 0 Å². The van der Waals surface area contributed by atoms with E-state index in [1.165, 1.54) is 13.1 Å². The van der Waals surface area contributed by atoms with Crippen molar-refractivity contribution in [1.82, 2.24) is 10.3 Å². The number of carbonyl (C=O) groups excluding carboxylic acids is 2. The number of rotatable bonds is 5. The summed E-state index contributed by atoms with van der Waals surface area (Å²) in [4.78, 5) is 26.0. The van der Waals surface area contributed by atoms with Crippen LogP contribution in [0.5, 0.6) is 0 Å². The van der Waals surface area contributed by atoms with E-state index in [0.717, 1.165) is 6.07 Å². The van der Waals surface area contributed by atoms with Crippen LogP contribution in [0.2, 0.25) is 0 Å². The summed E-state index contributed by atoms with van der Waals surface area (Å²) in [5, 5.41) is 2.63. The van der Waals surface area contributed by atoms with E-state index in [4.69, 9.17) is 0 Å². The zero-order valence-electron chi connectivity index (χ0n) is 12.1. The molecule has 0 radical (unpaired) electrons. The van der Waals surface area contributed by atoms with Gasteiger partial charge in [0, 0.05) is 24.5 Å². The van der Waals surface area contributed by atoms with Gasteiger partial charge in [0.15, 0.2) is 17.5 Å². The molecule has 0 bridgehead atoms. The number of fused-ring (bicyclic) bond motifs is 1. The normalized spacial score (nSPS) is 12.4. The molecule has 1 amide bonds. The number of aromatic nitrogens is 1. The number of hydrogen-bond acceptors (Lipinski definition) is 2. The first-order chi connectivity index (χ1) is 10.4. The van der Waals surface area contributed by atoms with Gasteiger partial charge in [0.1, 0.15) is 5.78 Å². The molecule has 22 heavy (non-hydrogen) atoms. The highest BCUT2D eigenvalue weighted by Crippen LogP contribution is 2.31. The average molecular weight is 312 g/mol. The number of amides is 1. The van der Waals surface area contributed by atoms with Crippen LogP contribution in [0.15, 0.2) is 12.3 Å². The third-order valence-electron chi connectivity index (χ3n) is 3.38. The first kappa shape index (κ1) is 16.1. The molecular formula is C15H15F3N2O2. The highest BCUT2D eigenvalue weighted by molar-refractivity contribution is 5.95. The predicted molar refractivity (Wildman–Crippen MR) is 74.9 cm³/mol. The van der Waals surface area contributed by atoms with E-state index in [9.17, 15) is 22.8 Å². The van der Waals surface area contributed by atoms with Crippen LogP contribution in [0, 0.1) is 17.5 Å². The molecule has 0 aliphatic carbocycles. The van der Waals surface area contributed by atoms with Crippen LogP contribution in [0.25, 0.3) is 10.9 Å². The van der Waals surface area contributed by atoms with E-state index in [-0.39, 0.29) is 28.7 Å². The van der Waals surface area contributed by atoms with Crippen molar-refractivity contribution in [2.75, 3.05) is 6.54 Å². The molecule has 0 fully saturated rings. The van der Waals surface area contributed by atoms with Gasteiger partial charge in [-0.05, 0) is 25.5 Å². The second-order valence-electron chi connectivity index (χ2n) is 5.01. The van der Waals surface area contributed by atoms with E-state index < -0.39 is 29.3 Å². The maximum absolute atomic E-state index is 13.7. The SMILES string of the molecule is CCNC(=O)C(CC(C)=O)c1c[nH]c2c(F)c(F)c(F)cc12. The average Bonchev–Trinajstić information content (AvgIpc) is 2.86. The number of halogens is 3. The minimum atomic E-state index is -1.58. The number of likely N-dealkylation sites (N-methyl/N-ethyl adjacent to an activating group) is 1. The first-order valence-corrected chi connectivity index (χ1v) is 6.78. The first-order valence-electron chi connectivity index (χ1n) is 6.78. The van der Waals surface area contributed by atoms with Gasteiger partial charge in [0.2, 0.25) is 5.91 Å². The van der Waals surface area contributed by atoms with Crippen LogP contribution >= 0.6 is 0 Å². The summed E-state index contributed by atoms with van der Waals surface area (Å²) in [5.41, 5.74) is 0.0284. The second-order valence-corrected chi connectivity index (χ2v) is 5.01. The van der Waals surface area contributed by atoms with E-state index in [0.29, 0.717) is 6.54 Å². The summed E-state index contributed by atoms with van der Waals surface area (Å²) < 4.78 is 40.4. The van der Waals surface area contributed by atoms with Crippen LogP contribution in [0.1, 0.15) is 31.7 Å². The van der Waals surface area contributed by atoms with Crippen LogP contribution in [-0.2, 0) is 9.59 Å². The zero-order chi connectivity index (χ0) is 16.4. The monoisotopic (exact) mass is 312 g/mol. The standard InChI is InChI=1S/C15H15F3N2O2/c1-3-19-15(22)9(4-7(2)21)10-6-20-14-8(10)5-11(16)12(17)13(14)18/h5-6,9,20H,3-4H2,1-2H3,(H,19,22). The molecule has 118 valence electrons. The fourth-order valence-electron chi connectivity index (χ4n) is 2.41. The van der Waals surface area contributed by atoms with Gasteiger partial charge in [-0.15, -0.1) is 0 Å². The minimum absolute atomic E-state index is 0.0499. The Morgan fingerprint density at radius 3 is 2.55 bits per heavy atom. The molecule has 1 aromatic carbocycles. The van der Waals surface area contributed by atoms with Gasteiger partial charge in [0.05, 0.1) is 11.4 Å². The lowest BCUT2D eigenvalue weighted by Gasteiger charge is -2.14. The van der Waals surface area contributed by atoms with E-state index >= 15 is 0 Å². The summed E-state index contributed by atoms with van der Waals surface area (Å²) in [6, 6.07) is 0.825. The van der Waals surface area contributed by atoms with Crippen LogP contribution in [-0.4, -0.2) is 23.2 Å². The van der Waals surface area contributed by atoms with E-state index in [2.05, 4.69) is 10.3 Å². The lowest BCUT2D eigenvalue weighted by Crippen LogP contribution is -2.30. The van der Waals surface area contributed by atoms with Crippen molar-refractivity contribution < 1.29 is 22.8 Å². The Bertz CT molecular complexity index is 740. The van der Waals surface area contributed by atoms with Gasteiger partial charge in [0.25, 0.3) is 0 Å². The summed E-state index contributed by atoms with van der Waals surface area (Å²) in [7, 11) is 0. The topological polar surface area (TPSA) is 62.0 Å². The fraction of sp³-hybridized carbons (Fsp3) is 0.333. The number of aromatic amines is 1.